The van der Waals surface area contributed by atoms with Crippen molar-refractivity contribution in [2.24, 2.45) is 0 Å². The fraction of sp³-hybridized carbons (Fsp3) is 0.286. The highest BCUT2D eigenvalue weighted by atomic mass is 32.1. The summed E-state index contributed by atoms with van der Waals surface area (Å²) in [5.41, 5.74) is 0.801. The van der Waals surface area contributed by atoms with Crippen LogP contribution in [0, 0.1) is 0 Å². The van der Waals surface area contributed by atoms with Crippen LogP contribution in [0.15, 0.2) is 34.3 Å². The van der Waals surface area contributed by atoms with E-state index in [4.69, 9.17) is 0 Å². The van der Waals surface area contributed by atoms with E-state index >= 15 is 0 Å². The van der Waals surface area contributed by atoms with Gasteiger partial charge in [0.25, 0.3) is 5.91 Å². The van der Waals surface area contributed by atoms with Gasteiger partial charge in [0.2, 0.25) is 5.91 Å². The van der Waals surface area contributed by atoms with Crippen LogP contribution < -0.4 is 5.32 Å². The van der Waals surface area contributed by atoms with Gasteiger partial charge in [-0.15, -0.1) is 11.3 Å². The largest absolute Gasteiger partial charge is 0.326 e. The molecule has 1 N–H and O–H groups in total. The van der Waals surface area contributed by atoms with Crippen molar-refractivity contribution in [1.29, 1.82) is 0 Å². The Kier molecular flexibility index (Phi) is 3.84. The fourth-order valence-electron chi connectivity index (χ4n) is 2.39. The molecular formula is C14H14N2O2S2. The summed E-state index contributed by atoms with van der Waals surface area (Å²) in [6, 6.07) is 5.17. The van der Waals surface area contributed by atoms with Crippen molar-refractivity contribution in [1.82, 2.24) is 4.90 Å². The lowest BCUT2D eigenvalue weighted by molar-refractivity contribution is -0.119. The first-order valence-corrected chi connectivity index (χ1v) is 8.25. The molecule has 1 aliphatic heterocycles. The molecule has 2 aromatic heterocycles. The molecule has 104 valence electrons. The van der Waals surface area contributed by atoms with Gasteiger partial charge in [-0.3, -0.25) is 9.59 Å². The van der Waals surface area contributed by atoms with Gasteiger partial charge in [-0.25, -0.2) is 0 Å². The van der Waals surface area contributed by atoms with E-state index in [9.17, 15) is 9.59 Å². The minimum Gasteiger partial charge on any atom is -0.326 e. The summed E-state index contributed by atoms with van der Waals surface area (Å²) in [5.74, 6) is -0.131. The van der Waals surface area contributed by atoms with Crippen LogP contribution in [0.25, 0.3) is 0 Å². The second-order valence-electron chi connectivity index (χ2n) is 4.64. The molecule has 0 spiro atoms. The van der Waals surface area contributed by atoms with Gasteiger partial charge in [0.15, 0.2) is 0 Å². The Morgan fingerprint density at radius 3 is 2.90 bits per heavy atom. The number of nitrogens with one attached hydrogen (secondary N) is 1. The highest BCUT2D eigenvalue weighted by Gasteiger charge is 2.34. The Hall–Kier alpha value is -1.66. The predicted molar refractivity (Wildman–Crippen MR) is 81.3 cm³/mol. The molecule has 0 bridgehead atoms. The number of carbonyl (C=O) groups excluding carboxylic acids is 2. The average molecular weight is 306 g/mol. The van der Waals surface area contributed by atoms with Gasteiger partial charge in [-0.1, -0.05) is 6.07 Å². The van der Waals surface area contributed by atoms with Crippen molar-refractivity contribution in [2.45, 2.75) is 18.9 Å². The Labute approximate surface area is 125 Å². The van der Waals surface area contributed by atoms with E-state index in [1.807, 2.05) is 28.3 Å². The van der Waals surface area contributed by atoms with E-state index in [2.05, 4.69) is 5.32 Å². The van der Waals surface area contributed by atoms with Gasteiger partial charge in [0.1, 0.15) is 6.04 Å². The molecule has 6 heteroatoms. The standard InChI is InChI=1S/C14H14N2O2S2/c17-13(15-10-5-8-19-9-10)11-3-1-6-16(11)14(18)12-4-2-7-20-12/h2,4-5,7-9,11H,1,3,6H2,(H,15,17)/t11-/m0/s1. The van der Waals surface area contributed by atoms with Crippen LogP contribution in [0.4, 0.5) is 5.69 Å². The van der Waals surface area contributed by atoms with Gasteiger partial charge < -0.3 is 10.2 Å². The Morgan fingerprint density at radius 2 is 2.20 bits per heavy atom. The zero-order chi connectivity index (χ0) is 13.9. The van der Waals surface area contributed by atoms with Crippen molar-refractivity contribution >= 4 is 40.2 Å². The second kappa shape index (κ2) is 5.76. The average Bonchev–Trinajstić information content (AvgIpc) is 3.19. The number of amides is 2. The lowest BCUT2D eigenvalue weighted by Gasteiger charge is -2.23. The van der Waals surface area contributed by atoms with Crippen LogP contribution >= 0.6 is 22.7 Å². The molecule has 0 unspecified atom stereocenters. The number of anilines is 1. The van der Waals surface area contributed by atoms with Crippen LogP contribution in [-0.2, 0) is 4.79 Å². The monoisotopic (exact) mass is 306 g/mol. The molecule has 2 aromatic rings. The third kappa shape index (κ3) is 2.62. The Morgan fingerprint density at radius 1 is 1.30 bits per heavy atom. The molecule has 0 aliphatic carbocycles. The number of nitrogens with zero attached hydrogens (tertiary/aromatic N) is 1. The van der Waals surface area contributed by atoms with Crippen LogP contribution in [-0.4, -0.2) is 29.3 Å². The van der Waals surface area contributed by atoms with Gasteiger partial charge in [0.05, 0.1) is 10.6 Å². The van der Waals surface area contributed by atoms with E-state index in [0.29, 0.717) is 11.4 Å². The van der Waals surface area contributed by atoms with Gasteiger partial charge >= 0.3 is 0 Å². The maximum absolute atomic E-state index is 12.4. The highest BCUT2D eigenvalue weighted by molar-refractivity contribution is 7.12. The van der Waals surface area contributed by atoms with Gasteiger partial charge in [-0.2, -0.15) is 11.3 Å². The van der Waals surface area contributed by atoms with Crippen LogP contribution in [0.1, 0.15) is 22.5 Å². The van der Waals surface area contributed by atoms with Gasteiger partial charge in [0, 0.05) is 11.9 Å². The minimum absolute atomic E-state index is 0.0389. The molecule has 20 heavy (non-hydrogen) atoms. The number of thiophene rings is 2. The number of rotatable bonds is 3. The molecule has 1 aliphatic rings. The third-order valence-electron chi connectivity index (χ3n) is 3.34. The molecule has 2 amide bonds. The lowest BCUT2D eigenvalue weighted by Crippen LogP contribution is -2.42. The number of carbonyl (C=O) groups is 2. The summed E-state index contributed by atoms with van der Waals surface area (Å²) in [5, 5.41) is 8.56. The van der Waals surface area contributed by atoms with E-state index in [-0.39, 0.29) is 17.9 Å². The molecular weight excluding hydrogens is 292 g/mol. The van der Waals surface area contributed by atoms with Crippen LogP contribution in [0.5, 0.6) is 0 Å². The summed E-state index contributed by atoms with van der Waals surface area (Å²) in [7, 11) is 0. The molecule has 0 aromatic carbocycles. The van der Waals surface area contributed by atoms with Crippen molar-refractivity contribution in [3.8, 4) is 0 Å². The number of hydrogen-bond donors (Lipinski definition) is 1. The molecule has 3 heterocycles. The summed E-state index contributed by atoms with van der Waals surface area (Å²) in [6.07, 6.45) is 1.60. The quantitative estimate of drug-likeness (QED) is 0.947. The molecule has 3 rings (SSSR count). The third-order valence-corrected chi connectivity index (χ3v) is 4.88. The van der Waals surface area contributed by atoms with E-state index < -0.39 is 0 Å². The van der Waals surface area contributed by atoms with Crippen molar-refractivity contribution in [3.63, 3.8) is 0 Å². The first-order valence-electron chi connectivity index (χ1n) is 6.43. The normalized spacial score (nSPS) is 18.2. The SMILES string of the molecule is O=C(Nc1ccsc1)[C@@H]1CCCN1C(=O)c1cccs1. The zero-order valence-electron chi connectivity index (χ0n) is 10.7. The number of likely N-dealkylation sites (tertiary alicyclic amines) is 1. The van der Waals surface area contributed by atoms with Gasteiger partial charge in [-0.05, 0) is 35.7 Å². The van der Waals surface area contributed by atoms with E-state index in [0.717, 1.165) is 18.5 Å². The summed E-state index contributed by atoms with van der Waals surface area (Å²) >= 11 is 2.95. The van der Waals surface area contributed by atoms with E-state index in [1.165, 1.54) is 22.7 Å². The van der Waals surface area contributed by atoms with Crippen LogP contribution in [0.2, 0.25) is 0 Å². The fourth-order valence-corrected chi connectivity index (χ4v) is 3.65. The van der Waals surface area contributed by atoms with Crippen molar-refractivity contribution < 1.29 is 9.59 Å². The topological polar surface area (TPSA) is 49.4 Å². The molecule has 4 nitrogen and oxygen atoms in total. The first-order chi connectivity index (χ1) is 9.75. The Balaban J connectivity index is 1.72. The zero-order valence-corrected chi connectivity index (χ0v) is 12.4. The summed E-state index contributed by atoms with van der Waals surface area (Å²) < 4.78 is 0. The molecule has 0 radical (unpaired) electrons. The first kappa shape index (κ1) is 13.3. The molecule has 1 fully saturated rings. The molecule has 1 saturated heterocycles. The van der Waals surface area contributed by atoms with Crippen molar-refractivity contribution in [2.75, 3.05) is 11.9 Å². The van der Waals surface area contributed by atoms with Crippen LogP contribution in [0.3, 0.4) is 0 Å². The Bertz CT molecular complexity index is 593. The van der Waals surface area contributed by atoms with E-state index in [1.54, 1.807) is 11.0 Å². The van der Waals surface area contributed by atoms with Crippen molar-refractivity contribution in [3.05, 3.63) is 39.2 Å². The summed E-state index contributed by atoms with van der Waals surface area (Å²) in [4.78, 5) is 27.1. The highest BCUT2D eigenvalue weighted by Crippen LogP contribution is 2.23. The predicted octanol–water partition coefficient (Wildman–Crippen LogP) is 3.05. The molecule has 0 saturated carbocycles. The smallest absolute Gasteiger partial charge is 0.264 e. The summed E-state index contributed by atoms with van der Waals surface area (Å²) in [6.45, 7) is 0.651. The molecule has 1 atom stereocenters. The maximum Gasteiger partial charge on any atom is 0.264 e. The number of hydrogen-bond acceptors (Lipinski definition) is 4. The minimum atomic E-state index is -0.357. The maximum atomic E-state index is 12.4. The second-order valence-corrected chi connectivity index (χ2v) is 6.36. The lowest BCUT2D eigenvalue weighted by atomic mass is 10.2.